The molecule has 1 heterocycles. The summed E-state index contributed by atoms with van der Waals surface area (Å²) >= 11 is 0. The highest BCUT2D eigenvalue weighted by Gasteiger charge is 2.26. The maximum atomic E-state index is 10.5. The lowest BCUT2D eigenvalue weighted by atomic mass is 9.79. The average Bonchev–Trinajstić information content (AvgIpc) is 2.79. The summed E-state index contributed by atoms with van der Waals surface area (Å²) < 4.78 is 1.93. The van der Waals surface area contributed by atoms with Crippen LogP contribution in [0, 0.1) is 11.8 Å². The Balaban J connectivity index is 1.95. The van der Waals surface area contributed by atoms with Crippen molar-refractivity contribution in [3.8, 4) is 0 Å². The molecule has 0 bridgehead atoms. The first-order valence-electron chi connectivity index (χ1n) is 6.68. The van der Waals surface area contributed by atoms with Gasteiger partial charge in [-0.15, -0.1) is 5.10 Å². The van der Waals surface area contributed by atoms with Crippen LogP contribution >= 0.6 is 0 Å². The molecule has 5 nitrogen and oxygen atoms in total. The number of nitrogens with zero attached hydrogens (tertiary/aromatic N) is 3. The molecule has 1 aliphatic carbocycles. The van der Waals surface area contributed by atoms with Gasteiger partial charge in [0.25, 0.3) is 0 Å². The van der Waals surface area contributed by atoms with E-state index in [-0.39, 0.29) is 6.42 Å². The molecule has 0 aliphatic heterocycles. The maximum absolute atomic E-state index is 10.5. The lowest BCUT2D eigenvalue weighted by Crippen LogP contribution is -2.23. The van der Waals surface area contributed by atoms with Crippen molar-refractivity contribution >= 4 is 5.97 Å². The molecule has 0 saturated heterocycles. The van der Waals surface area contributed by atoms with Crippen LogP contribution in [0.4, 0.5) is 0 Å². The van der Waals surface area contributed by atoms with Crippen molar-refractivity contribution in [2.45, 2.75) is 52.0 Å². The fourth-order valence-electron chi connectivity index (χ4n) is 2.60. The van der Waals surface area contributed by atoms with Crippen LogP contribution in [0.1, 0.15) is 51.3 Å². The zero-order chi connectivity index (χ0) is 13.1. The Bertz CT molecular complexity index is 416. The Labute approximate surface area is 107 Å². The van der Waals surface area contributed by atoms with Crippen molar-refractivity contribution in [3.05, 3.63) is 11.9 Å². The van der Waals surface area contributed by atoms with E-state index in [4.69, 9.17) is 5.11 Å². The van der Waals surface area contributed by atoms with Crippen molar-refractivity contribution in [1.82, 2.24) is 15.0 Å². The monoisotopic (exact) mass is 251 g/mol. The Morgan fingerprint density at radius 3 is 2.89 bits per heavy atom. The van der Waals surface area contributed by atoms with Gasteiger partial charge < -0.3 is 5.11 Å². The lowest BCUT2D eigenvalue weighted by molar-refractivity contribution is -0.136. The third-order valence-corrected chi connectivity index (χ3v) is 4.10. The SMILES string of the molecule is CC1CCC(n2cc(CCC(=O)O)nn2)CC1C. The van der Waals surface area contributed by atoms with E-state index in [2.05, 4.69) is 24.2 Å². The number of aliphatic carboxylic acids is 1. The Morgan fingerprint density at radius 1 is 1.44 bits per heavy atom. The van der Waals surface area contributed by atoms with Gasteiger partial charge in [-0.05, 0) is 31.1 Å². The first-order chi connectivity index (χ1) is 8.56. The van der Waals surface area contributed by atoms with E-state index in [1.165, 1.54) is 6.42 Å². The fraction of sp³-hybridized carbons (Fsp3) is 0.769. The smallest absolute Gasteiger partial charge is 0.303 e. The summed E-state index contributed by atoms with van der Waals surface area (Å²) in [5.41, 5.74) is 0.781. The second kappa shape index (κ2) is 5.50. The minimum absolute atomic E-state index is 0.122. The van der Waals surface area contributed by atoms with Crippen LogP contribution in [0.2, 0.25) is 0 Å². The summed E-state index contributed by atoms with van der Waals surface area (Å²) in [4.78, 5) is 10.5. The number of carboxylic acids is 1. The maximum Gasteiger partial charge on any atom is 0.303 e. The molecular formula is C13H21N3O2. The molecular weight excluding hydrogens is 230 g/mol. The summed E-state index contributed by atoms with van der Waals surface area (Å²) in [6, 6.07) is 0.433. The van der Waals surface area contributed by atoms with Crippen LogP contribution in [-0.2, 0) is 11.2 Å². The highest BCUT2D eigenvalue weighted by atomic mass is 16.4. The first-order valence-corrected chi connectivity index (χ1v) is 6.68. The molecule has 1 aromatic heterocycles. The van der Waals surface area contributed by atoms with E-state index in [0.29, 0.717) is 12.5 Å². The second-order valence-electron chi connectivity index (χ2n) is 5.51. The van der Waals surface area contributed by atoms with Gasteiger partial charge in [0, 0.05) is 12.6 Å². The minimum atomic E-state index is -0.787. The van der Waals surface area contributed by atoms with E-state index in [1.54, 1.807) is 0 Å². The molecule has 100 valence electrons. The van der Waals surface area contributed by atoms with Crippen LogP contribution in [0.3, 0.4) is 0 Å². The predicted molar refractivity (Wildman–Crippen MR) is 67.2 cm³/mol. The molecule has 1 aliphatic rings. The lowest BCUT2D eigenvalue weighted by Gasteiger charge is -2.31. The van der Waals surface area contributed by atoms with E-state index in [9.17, 15) is 4.79 Å². The summed E-state index contributed by atoms with van der Waals surface area (Å²) in [6.07, 6.45) is 6.02. The zero-order valence-electron chi connectivity index (χ0n) is 11.0. The molecule has 5 heteroatoms. The highest BCUT2D eigenvalue weighted by Crippen LogP contribution is 2.35. The van der Waals surface area contributed by atoms with E-state index >= 15 is 0 Å². The van der Waals surface area contributed by atoms with E-state index < -0.39 is 5.97 Å². The predicted octanol–water partition coefficient (Wildman–Crippen LogP) is 2.29. The molecule has 0 spiro atoms. The largest absolute Gasteiger partial charge is 0.481 e. The Kier molecular flexibility index (Phi) is 3.99. The van der Waals surface area contributed by atoms with Crippen LogP contribution in [0.15, 0.2) is 6.20 Å². The summed E-state index contributed by atoms with van der Waals surface area (Å²) in [6.45, 7) is 4.60. The number of carboxylic acid groups (broad SMARTS) is 1. The summed E-state index contributed by atoms with van der Waals surface area (Å²) in [5, 5.41) is 16.8. The van der Waals surface area contributed by atoms with Crippen molar-refractivity contribution in [3.63, 3.8) is 0 Å². The van der Waals surface area contributed by atoms with Crippen LogP contribution in [0.25, 0.3) is 0 Å². The molecule has 0 radical (unpaired) electrons. The topological polar surface area (TPSA) is 68.0 Å². The van der Waals surface area contributed by atoms with Gasteiger partial charge in [-0.2, -0.15) is 0 Å². The standard InChI is InChI=1S/C13H21N3O2/c1-9-3-5-12(7-10(9)2)16-8-11(14-15-16)4-6-13(17)18/h8-10,12H,3-7H2,1-2H3,(H,17,18). The highest BCUT2D eigenvalue weighted by molar-refractivity contribution is 5.66. The molecule has 0 aromatic carbocycles. The first kappa shape index (κ1) is 13.1. The number of hydrogen-bond acceptors (Lipinski definition) is 3. The van der Waals surface area contributed by atoms with E-state index in [0.717, 1.165) is 30.4 Å². The van der Waals surface area contributed by atoms with Crippen LogP contribution in [0.5, 0.6) is 0 Å². The molecule has 3 unspecified atom stereocenters. The number of carbonyl (C=O) groups is 1. The molecule has 1 fully saturated rings. The zero-order valence-corrected chi connectivity index (χ0v) is 11.0. The van der Waals surface area contributed by atoms with Gasteiger partial charge >= 0.3 is 5.97 Å². The Hall–Kier alpha value is -1.39. The molecule has 1 N–H and O–H groups in total. The number of hydrogen-bond donors (Lipinski definition) is 1. The van der Waals surface area contributed by atoms with Gasteiger partial charge in [0.15, 0.2) is 0 Å². The number of aryl methyl sites for hydroxylation is 1. The second-order valence-corrected chi connectivity index (χ2v) is 5.51. The van der Waals surface area contributed by atoms with Crippen molar-refractivity contribution < 1.29 is 9.90 Å². The normalized spacial score (nSPS) is 28.2. The quantitative estimate of drug-likeness (QED) is 0.891. The molecule has 18 heavy (non-hydrogen) atoms. The van der Waals surface area contributed by atoms with Gasteiger partial charge in [0.2, 0.25) is 0 Å². The van der Waals surface area contributed by atoms with Gasteiger partial charge in [0.05, 0.1) is 18.2 Å². The van der Waals surface area contributed by atoms with Crippen LogP contribution < -0.4 is 0 Å². The van der Waals surface area contributed by atoms with Gasteiger partial charge in [-0.3, -0.25) is 4.79 Å². The Morgan fingerprint density at radius 2 is 2.22 bits per heavy atom. The fourth-order valence-corrected chi connectivity index (χ4v) is 2.60. The van der Waals surface area contributed by atoms with Gasteiger partial charge in [-0.25, -0.2) is 4.68 Å². The summed E-state index contributed by atoms with van der Waals surface area (Å²) in [5.74, 6) is 0.719. The molecule has 1 saturated carbocycles. The number of rotatable bonds is 4. The average molecular weight is 251 g/mol. The molecule has 3 atom stereocenters. The van der Waals surface area contributed by atoms with Crippen molar-refractivity contribution in [2.24, 2.45) is 11.8 Å². The van der Waals surface area contributed by atoms with Crippen LogP contribution in [-0.4, -0.2) is 26.1 Å². The van der Waals surface area contributed by atoms with E-state index in [1.807, 2.05) is 10.9 Å². The summed E-state index contributed by atoms with van der Waals surface area (Å²) in [7, 11) is 0. The molecule has 1 aromatic rings. The van der Waals surface area contributed by atoms with Crippen molar-refractivity contribution in [2.75, 3.05) is 0 Å². The molecule has 2 rings (SSSR count). The third-order valence-electron chi connectivity index (χ3n) is 4.10. The minimum Gasteiger partial charge on any atom is -0.481 e. The number of aromatic nitrogens is 3. The van der Waals surface area contributed by atoms with Gasteiger partial charge in [-0.1, -0.05) is 19.1 Å². The third kappa shape index (κ3) is 3.09. The van der Waals surface area contributed by atoms with Crippen molar-refractivity contribution in [1.29, 1.82) is 0 Å². The molecule has 0 amide bonds. The van der Waals surface area contributed by atoms with Gasteiger partial charge in [0.1, 0.15) is 0 Å².